The molecule has 0 bridgehead atoms. The highest BCUT2D eigenvalue weighted by atomic mass is 19.4. The van der Waals surface area contributed by atoms with E-state index in [0.29, 0.717) is 42.6 Å². The third-order valence-electron chi connectivity index (χ3n) is 4.93. The van der Waals surface area contributed by atoms with Crippen LogP contribution in [0.25, 0.3) is 0 Å². The molecule has 9 heteroatoms. The summed E-state index contributed by atoms with van der Waals surface area (Å²) in [4.78, 5) is 12.0. The first kappa shape index (κ1) is 19.7. The van der Waals surface area contributed by atoms with Crippen LogP contribution in [0.15, 0.2) is 12.1 Å². The molecule has 2 atom stereocenters. The van der Waals surface area contributed by atoms with Gasteiger partial charge in [-0.05, 0) is 37.0 Å². The van der Waals surface area contributed by atoms with Gasteiger partial charge in [0, 0.05) is 18.2 Å². The van der Waals surface area contributed by atoms with Crippen LogP contribution in [0.5, 0.6) is 5.75 Å². The maximum absolute atomic E-state index is 13.7. The lowest BCUT2D eigenvalue weighted by atomic mass is 9.84. The Kier molecular flexibility index (Phi) is 6.08. The Morgan fingerprint density at radius 1 is 1.22 bits per heavy atom. The first-order valence-electron chi connectivity index (χ1n) is 8.97. The minimum atomic E-state index is -4.32. The van der Waals surface area contributed by atoms with Crippen molar-refractivity contribution in [3.05, 3.63) is 29.1 Å². The van der Waals surface area contributed by atoms with Gasteiger partial charge >= 0.3 is 12.2 Å². The van der Waals surface area contributed by atoms with Gasteiger partial charge in [-0.2, -0.15) is 13.2 Å². The second-order valence-electron chi connectivity index (χ2n) is 6.85. The van der Waals surface area contributed by atoms with Crippen molar-refractivity contribution in [3.8, 4) is 5.75 Å². The molecule has 1 saturated carbocycles. The lowest BCUT2D eigenvalue weighted by molar-refractivity contribution is -0.187. The van der Waals surface area contributed by atoms with Crippen molar-refractivity contribution in [2.24, 2.45) is 5.92 Å². The van der Waals surface area contributed by atoms with Crippen LogP contribution in [0, 0.1) is 11.7 Å². The van der Waals surface area contributed by atoms with Gasteiger partial charge in [-0.25, -0.2) is 9.18 Å². The van der Waals surface area contributed by atoms with Gasteiger partial charge in [-0.3, -0.25) is 0 Å². The van der Waals surface area contributed by atoms with Gasteiger partial charge in [-0.1, -0.05) is 12.8 Å². The van der Waals surface area contributed by atoms with E-state index in [-0.39, 0.29) is 26.4 Å². The molecule has 1 aliphatic carbocycles. The van der Waals surface area contributed by atoms with Crippen LogP contribution in [0.1, 0.15) is 36.8 Å². The molecule has 0 unspecified atom stereocenters. The fraction of sp³-hybridized carbons (Fsp3) is 0.611. The van der Waals surface area contributed by atoms with Crippen LogP contribution >= 0.6 is 0 Å². The summed E-state index contributed by atoms with van der Waals surface area (Å²) in [6.45, 7) is 0.462. The monoisotopic (exact) mass is 390 g/mol. The average molecular weight is 390 g/mol. The Morgan fingerprint density at radius 2 is 2.00 bits per heavy atom. The number of benzene rings is 1. The van der Waals surface area contributed by atoms with Crippen molar-refractivity contribution in [1.29, 1.82) is 0 Å². The lowest BCUT2D eigenvalue weighted by Gasteiger charge is -2.33. The van der Waals surface area contributed by atoms with Crippen molar-refractivity contribution in [2.75, 3.05) is 13.3 Å². The van der Waals surface area contributed by atoms with Gasteiger partial charge in [0.15, 0.2) is 6.79 Å². The Bertz CT molecular complexity index is 681. The Hall–Kier alpha value is -2.03. The number of nitrogens with one attached hydrogen (secondary N) is 2. The third kappa shape index (κ3) is 5.03. The number of hydrogen-bond acceptors (Lipinski definition) is 3. The van der Waals surface area contributed by atoms with E-state index in [4.69, 9.17) is 9.47 Å². The lowest BCUT2D eigenvalue weighted by Crippen LogP contribution is -2.50. The minimum absolute atomic E-state index is 0.0310. The number of carbonyl (C=O) groups is 1. The van der Waals surface area contributed by atoms with Gasteiger partial charge in [0.1, 0.15) is 11.6 Å². The number of hydrogen-bond donors (Lipinski definition) is 2. The number of alkyl halides is 3. The maximum Gasteiger partial charge on any atom is 0.393 e. The van der Waals surface area contributed by atoms with Crippen LogP contribution in [-0.2, 0) is 17.8 Å². The van der Waals surface area contributed by atoms with Gasteiger partial charge in [-0.15, -0.1) is 0 Å². The van der Waals surface area contributed by atoms with Crippen LogP contribution in [0.2, 0.25) is 0 Å². The predicted molar refractivity (Wildman–Crippen MR) is 88.7 cm³/mol. The number of ether oxygens (including phenoxy) is 2. The molecule has 2 N–H and O–H groups in total. The van der Waals surface area contributed by atoms with Gasteiger partial charge < -0.3 is 20.1 Å². The van der Waals surface area contributed by atoms with E-state index >= 15 is 0 Å². The van der Waals surface area contributed by atoms with Crippen molar-refractivity contribution in [1.82, 2.24) is 10.6 Å². The average Bonchev–Trinajstić information content (AvgIpc) is 2.61. The molecule has 27 heavy (non-hydrogen) atoms. The summed E-state index contributed by atoms with van der Waals surface area (Å²) in [6.07, 6.45) is -2.52. The Morgan fingerprint density at radius 3 is 2.78 bits per heavy atom. The highest BCUT2D eigenvalue weighted by molar-refractivity contribution is 5.74. The predicted octanol–water partition coefficient (Wildman–Crippen LogP) is 3.66. The van der Waals surface area contributed by atoms with Gasteiger partial charge in [0.2, 0.25) is 0 Å². The van der Waals surface area contributed by atoms with E-state index in [0.717, 1.165) is 0 Å². The second-order valence-corrected chi connectivity index (χ2v) is 6.85. The summed E-state index contributed by atoms with van der Waals surface area (Å²) in [5, 5.41) is 4.99. The summed E-state index contributed by atoms with van der Waals surface area (Å²) >= 11 is 0. The van der Waals surface area contributed by atoms with Crippen LogP contribution < -0.4 is 15.4 Å². The summed E-state index contributed by atoms with van der Waals surface area (Å²) in [5.74, 6) is -1.41. The van der Waals surface area contributed by atoms with Crippen LogP contribution in [-0.4, -0.2) is 31.6 Å². The highest BCUT2D eigenvalue weighted by Gasteiger charge is 2.45. The molecule has 1 heterocycles. The van der Waals surface area contributed by atoms with Crippen molar-refractivity contribution in [3.63, 3.8) is 0 Å². The number of halogens is 4. The number of fused-ring (bicyclic) bond motifs is 1. The van der Waals surface area contributed by atoms with Crippen molar-refractivity contribution >= 4 is 6.03 Å². The summed E-state index contributed by atoms with van der Waals surface area (Å²) < 4.78 is 63.4. The molecule has 0 radical (unpaired) electrons. The number of rotatable bonds is 4. The largest absolute Gasteiger partial charge is 0.467 e. The first-order chi connectivity index (χ1) is 12.8. The molecular formula is C18H22F4N2O3. The highest BCUT2D eigenvalue weighted by Crippen LogP contribution is 2.37. The standard InChI is InChI=1S/C18H22F4N2O3/c19-13-7-11(16-12(8-13)9-26-10-27-16)5-6-23-17(25)24-15-4-2-1-3-14(15)18(20,21)22/h7-8,14-15H,1-6,9-10H2,(H2,23,24,25)/t14-,15-/m1/s1. The fourth-order valence-corrected chi connectivity index (χ4v) is 3.67. The molecule has 0 spiro atoms. The van der Waals surface area contributed by atoms with E-state index < -0.39 is 30.0 Å². The van der Waals surface area contributed by atoms with Gasteiger partial charge in [0.25, 0.3) is 0 Å². The normalized spacial score (nSPS) is 22.5. The zero-order valence-corrected chi connectivity index (χ0v) is 14.7. The Balaban J connectivity index is 1.53. The number of urea groups is 1. The SMILES string of the molecule is O=C(NCCc1cc(F)cc2c1OCOC2)N[C@@H]1CCCC[C@H]1C(F)(F)F. The number of carbonyl (C=O) groups excluding carboxylic acids is 1. The minimum Gasteiger partial charge on any atom is -0.467 e. The zero-order valence-electron chi connectivity index (χ0n) is 14.7. The Labute approximate surface area is 154 Å². The van der Waals surface area contributed by atoms with E-state index in [2.05, 4.69) is 10.6 Å². The second kappa shape index (κ2) is 8.33. The molecule has 1 aliphatic heterocycles. The van der Waals surface area contributed by atoms with E-state index in [1.165, 1.54) is 12.1 Å². The molecule has 1 fully saturated rings. The van der Waals surface area contributed by atoms with Crippen LogP contribution in [0.3, 0.4) is 0 Å². The summed E-state index contributed by atoms with van der Waals surface area (Å²) in [7, 11) is 0. The van der Waals surface area contributed by atoms with Crippen LogP contribution in [0.4, 0.5) is 22.4 Å². The molecule has 150 valence electrons. The van der Waals surface area contributed by atoms with E-state index in [1.807, 2.05) is 0 Å². The maximum atomic E-state index is 13.7. The summed E-state index contributed by atoms with van der Waals surface area (Å²) in [6, 6.07) is 1.09. The first-order valence-corrected chi connectivity index (χ1v) is 8.97. The smallest absolute Gasteiger partial charge is 0.393 e. The topological polar surface area (TPSA) is 59.6 Å². The third-order valence-corrected chi connectivity index (χ3v) is 4.93. The van der Waals surface area contributed by atoms with E-state index in [1.54, 1.807) is 0 Å². The van der Waals surface area contributed by atoms with Gasteiger partial charge in [0.05, 0.1) is 12.5 Å². The zero-order chi connectivity index (χ0) is 19.4. The fourth-order valence-electron chi connectivity index (χ4n) is 3.67. The van der Waals surface area contributed by atoms with Crippen molar-refractivity contribution in [2.45, 2.75) is 50.9 Å². The quantitative estimate of drug-likeness (QED) is 0.772. The molecule has 0 saturated heterocycles. The molecule has 0 aromatic heterocycles. The molecule has 2 aliphatic rings. The molecule has 3 rings (SSSR count). The van der Waals surface area contributed by atoms with Crippen molar-refractivity contribution < 1.29 is 31.8 Å². The summed E-state index contributed by atoms with van der Waals surface area (Å²) in [5.41, 5.74) is 1.18. The van der Waals surface area contributed by atoms with E-state index in [9.17, 15) is 22.4 Å². The molecule has 1 aromatic rings. The molecular weight excluding hydrogens is 368 g/mol. The molecule has 5 nitrogen and oxygen atoms in total. The molecule has 2 amide bonds. The molecule has 1 aromatic carbocycles. The number of amides is 2.